The number of ether oxygens (including phenoxy) is 2. The Bertz CT molecular complexity index is 2140. The van der Waals surface area contributed by atoms with Crippen molar-refractivity contribution < 1.29 is 63.0 Å². The van der Waals surface area contributed by atoms with E-state index in [4.69, 9.17) is 9.47 Å². The van der Waals surface area contributed by atoms with Crippen molar-refractivity contribution in [2.45, 2.75) is 13.2 Å². The van der Waals surface area contributed by atoms with Crippen molar-refractivity contribution in [3.05, 3.63) is 175 Å². The van der Waals surface area contributed by atoms with E-state index < -0.39 is 94.5 Å². The van der Waals surface area contributed by atoms with Crippen LogP contribution in [0.1, 0.15) is 54.1 Å². The number of hydrogen-bond acceptors (Lipinski definition) is 4. The Labute approximate surface area is 287 Å². The molecular weight excluding hydrogens is 710 g/mol. The summed E-state index contributed by atoms with van der Waals surface area (Å²) >= 11 is 0. The first-order valence-corrected chi connectivity index (χ1v) is 14.5. The molecule has 0 saturated heterocycles. The summed E-state index contributed by atoms with van der Waals surface area (Å²) < 4.78 is 146. The largest absolute Gasteiger partial charge is 0.457 e. The molecular formula is C38H16F10O4. The summed E-state index contributed by atoms with van der Waals surface area (Å²) in [7, 11) is 0. The molecule has 5 aromatic rings. The fourth-order valence-corrected chi connectivity index (χ4v) is 4.44. The molecule has 4 nitrogen and oxygen atoms in total. The standard InChI is InChI=1S/C38H16F10O4/c39-27-25(28(40)32(44)35(47)31(27)43)17-51-37(49)23-7-3-1-5-21(23)15-13-19-9-11-20(12-10-19)14-16-22-6-2-4-8-24(22)38(50)52-18-26-29(41)33(45)36(48)34(46)30(26)42/h1-12H,17-18H2. The molecule has 0 aliphatic heterocycles. The second kappa shape index (κ2) is 15.6. The molecule has 0 fully saturated rings. The summed E-state index contributed by atoms with van der Waals surface area (Å²) in [4.78, 5) is 25.3. The maximum Gasteiger partial charge on any atom is 0.339 e. The van der Waals surface area contributed by atoms with E-state index in [2.05, 4.69) is 23.7 Å². The number of benzene rings is 5. The number of halogens is 10. The molecule has 0 aliphatic carbocycles. The fraction of sp³-hybridized carbons (Fsp3) is 0.0526. The topological polar surface area (TPSA) is 52.6 Å². The molecule has 0 radical (unpaired) electrons. The minimum absolute atomic E-state index is 0.109. The molecule has 0 aliphatic rings. The van der Waals surface area contributed by atoms with Crippen LogP contribution in [0.5, 0.6) is 0 Å². The van der Waals surface area contributed by atoms with Crippen molar-refractivity contribution in [2.75, 3.05) is 0 Å². The van der Waals surface area contributed by atoms with Crippen LogP contribution in [0.2, 0.25) is 0 Å². The molecule has 0 unspecified atom stereocenters. The third-order valence-corrected chi connectivity index (χ3v) is 7.16. The zero-order valence-corrected chi connectivity index (χ0v) is 25.8. The maximum absolute atomic E-state index is 14.0. The average Bonchev–Trinajstić information content (AvgIpc) is 3.16. The number of carbonyl (C=O) groups excluding carboxylic acids is 2. The second-order valence-corrected chi connectivity index (χ2v) is 10.4. The third-order valence-electron chi connectivity index (χ3n) is 7.16. The predicted molar refractivity (Wildman–Crippen MR) is 162 cm³/mol. The molecule has 262 valence electrons. The summed E-state index contributed by atoms with van der Waals surface area (Å²) in [5, 5.41) is 0. The first-order chi connectivity index (χ1) is 24.8. The van der Waals surface area contributed by atoms with Crippen LogP contribution >= 0.6 is 0 Å². The van der Waals surface area contributed by atoms with Crippen LogP contribution in [0.15, 0.2) is 72.8 Å². The Morgan fingerprint density at radius 3 is 1.02 bits per heavy atom. The van der Waals surface area contributed by atoms with Gasteiger partial charge in [0.2, 0.25) is 11.6 Å². The number of hydrogen-bond donors (Lipinski definition) is 0. The second-order valence-electron chi connectivity index (χ2n) is 10.4. The van der Waals surface area contributed by atoms with Crippen molar-refractivity contribution in [1.29, 1.82) is 0 Å². The monoisotopic (exact) mass is 726 g/mol. The summed E-state index contributed by atoms with van der Waals surface area (Å²) in [5.41, 5.74) is -1.91. The lowest BCUT2D eigenvalue weighted by Crippen LogP contribution is -2.12. The number of esters is 2. The lowest BCUT2D eigenvalue weighted by atomic mass is 10.1. The molecule has 0 saturated carbocycles. The van der Waals surface area contributed by atoms with E-state index in [9.17, 15) is 53.5 Å². The van der Waals surface area contributed by atoms with Crippen LogP contribution in [0.3, 0.4) is 0 Å². The van der Waals surface area contributed by atoms with Gasteiger partial charge in [-0.15, -0.1) is 0 Å². The van der Waals surface area contributed by atoms with E-state index in [-0.39, 0.29) is 22.3 Å². The summed E-state index contributed by atoms with van der Waals surface area (Å²) in [6, 6.07) is 17.5. The van der Waals surface area contributed by atoms with E-state index in [0.29, 0.717) is 11.1 Å². The molecule has 0 spiro atoms. The van der Waals surface area contributed by atoms with Gasteiger partial charge in [0.05, 0.1) is 22.3 Å². The van der Waals surface area contributed by atoms with Gasteiger partial charge in [-0.3, -0.25) is 0 Å². The lowest BCUT2D eigenvalue weighted by molar-refractivity contribution is 0.0452. The van der Waals surface area contributed by atoms with Crippen LogP contribution in [-0.2, 0) is 22.7 Å². The average molecular weight is 727 g/mol. The molecule has 5 aromatic carbocycles. The van der Waals surface area contributed by atoms with Gasteiger partial charge in [-0.25, -0.2) is 53.5 Å². The SMILES string of the molecule is O=C(OCc1c(F)c(F)c(F)c(F)c1F)c1ccccc1C#Cc1ccc(C#Cc2ccccc2C(=O)OCc2c(F)c(F)c(F)c(F)c2F)cc1. The van der Waals surface area contributed by atoms with Gasteiger partial charge in [-0.2, -0.15) is 0 Å². The summed E-state index contributed by atoms with van der Waals surface area (Å²) in [5.74, 6) is -13.2. The Morgan fingerprint density at radius 1 is 0.404 bits per heavy atom. The Morgan fingerprint density at radius 2 is 0.692 bits per heavy atom. The fourth-order valence-electron chi connectivity index (χ4n) is 4.44. The van der Waals surface area contributed by atoms with Gasteiger partial charge >= 0.3 is 11.9 Å². The minimum atomic E-state index is -2.35. The van der Waals surface area contributed by atoms with Gasteiger partial charge in [0.25, 0.3) is 0 Å². The first-order valence-electron chi connectivity index (χ1n) is 14.5. The van der Waals surface area contributed by atoms with Gasteiger partial charge in [-0.05, 0) is 48.5 Å². The van der Waals surface area contributed by atoms with Crippen molar-refractivity contribution in [2.24, 2.45) is 0 Å². The molecule has 0 N–H and O–H groups in total. The summed E-state index contributed by atoms with van der Waals surface area (Å²) in [6.45, 7) is -2.50. The molecule has 0 bridgehead atoms. The van der Waals surface area contributed by atoms with Gasteiger partial charge < -0.3 is 9.47 Å². The highest BCUT2D eigenvalue weighted by Gasteiger charge is 2.28. The van der Waals surface area contributed by atoms with Crippen molar-refractivity contribution in [3.63, 3.8) is 0 Å². The highest BCUT2D eigenvalue weighted by Crippen LogP contribution is 2.26. The maximum atomic E-state index is 14.0. The van der Waals surface area contributed by atoms with Crippen molar-refractivity contribution in [3.8, 4) is 23.7 Å². The molecule has 0 aromatic heterocycles. The first kappa shape index (κ1) is 36.7. The minimum Gasteiger partial charge on any atom is -0.457 e. The van der Waals surface area contributed by atoms with E-state index >= 15 is 0 Å². The molecule has 0 amide bonds. The van der Waals surface area contributed by atoms with Crippen molar-refractivity contribution in [1.82, 2.24) is 0 Å². The molecule has 0 heterocycles. The normalized spacial score (nSPS) is 10.5. The van der Waals surface area contributed by atoms with Gasteiger partial charge in [-0.1, -0.05) is 47.9 Å². The van der Waals surface area contributed by atoms with Crippen LogP contribution in [0.25, 0.3) is 0 Å². The molecule has 5 rings (SSSR count). The van der Waals surface area contributed by atoms with Gasteiger partial charge in [0.15, 0.2) is 46.5 Å². The highest BCUT2D eigenvalue weighted by atomic mass is 19.2. The third kappa shape index (κ3) is 7.61. The van der Waals surface area contributed by atoms with Crippen molar-refractivity contribution >= 4 is 11.9 Å². The highest BCUT2D eigenvalue weighted by molar-refractivity contribution is 5.93. The quantitative estimate of drug-likeness (QED) is 0.0579. The molecule has 0 atom stereocenters. The molecule has 52 heavy (non-hydrogen) atoms. The summed E-state index contributed by atoms with van der Waals surface area (Å²) in [6.07, 6.45) is 0. The van der Waals surface area contributed by atoms with E-state index in [1.807, 2.05) is 0 Å². The predicted octanol–water partition coefficient (Wildman–Crippen LogP) is 8.59. The number of rotatable bonds is 6. The lowest BCUT2D eigenvalue weighted by Gasteiger charge is -2.10. The smallest absolute Gasteiger partial charge is 0.339 e. The van der Waals surface area contributed by atoms with Crippen LogP contribution in [0, 0.1) is 81.9 Å². The van der Waals surface area contributed by atoms with Gasteiger partial charge in [0, 0.05) is 22.3 Å². The van der Waals surface area contributed by atoms with E-state index in [1.165, 1.54) is 48.5 Å². The van der Waals surface area contributed by atoms with Gasteiger partial charge in [0.1, 0.15) is 13.2 Å². The van der Waals surface area contributed by atoms with E-state index in [1.54, 1.807) is 24.3 Å². The van der Waals surface area contributed by atoms with Crippen LogP contribution < -0.4 is 0 Å². The Balaban J connectivity index is 1.27. The number of carbonyl (C=O) groups is 2. The van der Waals surface area contributed by atoms with E-state index in [0.717, 1.165) is 0 Å². The zero-order valence-electron chi connectivity index (χ0n) is 25.8. The van der Waals surface area contributed by atoms with Crippen LogP contribution in [0.4, 0.5) is 43.9 Å². The zero-order chi connectivity index (χ0) is 37.7. The van der Waals surface area contributed by atoms with Crippen LogP contribution in [-0.4, -0.2) is 11.9 Å². The Hall–Kier alpha value is -6.54. The molecule has 14 heteroatoms. The Kier molecular flexibility index (Phi) is 11.0.